The second kappa shape index (κ2) is 4.97. The average molecular weight is 261 g/mol. The molecule has 0 fully saturated rings. The van der Waals surface area contributed by atoms with E-state index in [-0.39, 0.29) is 6.04 Å². The first kappa shape index (κ1) is 14.1. The van der Waals surface area contributed by atoms with Crippen LogP contribution in [0.5, 0.6) is 0 Å². The van der Waals surface area contributed by atoms with Crippen LogP contribution in [0.2, 0.25) is 0 Å². The van der Waals surface area contributed by atoms with E-state index in [4.69, 9.17) is 0 Å². The van der Waals surface area contributed by atoms with Crippen molar-refractivity contribution in [1.82, 2.24) is 0 Å². The molecule has 0 bridgehead atoms. The highest BCUT2D eigenvalue weighted by atomic mass is 16.3. The third-order valence-electron chi connectivity index (χ3n) is 4.56. The van der Waals surface area contributed by atoms with E-state index in [2.05, 4.69) is 12.2 Å². The molecular formula is C16H23NO2. The minimum Gasteiger partial charge on any atom is -0.384 e. The standard InChI is InChI=1S/C16H23NO2/c1-4-5-10-16(19)12-8-6-7-9-13(12)17-14(11-18)15(16,2)3/h6-9,11,14,17,19H,4-5,10H2,1-3H3. The molecule has 3 nitrogen and oxygen atoms in total. The summed E-state index contributed by atoms with van der Waals surface area (Å²) in [5.74, 6) is 0. The van der Waals surface area contributed by atoms with E-state index in [1.165, 1.54) is 0 Å². The zero-order chi connectivity index (χ0) is 14.1. The molecule has 1 aliphatic rings. The van der Waals surface area contributed by atoms with E-state index in [1.807, 2.05) is 38.1 Å². The van der Waals surface area contributed by atoms with Crippen LogP contribution in [0, 0.1) is 5.41 Å². The number of fused-ring (bicyclic) bond motifs is 1. The second-order valence-electron chi connectivity index (χ2n) is 5.99. The molecule has 0 aromatic heterocycles. The summed E-state index contributed by atoms with van der Waals surface area (Å²) in [5, 5.41) is 14.5. The summed E-state index contributed by atoms with van der Waals surface area (Å²) in [4.78, 5) is 11.4. The maximum atomic E-state index is 11.4. The van der Waals surface area contributed by atoms with Crippen molar-refractivity contribution >= 4 is 12.0 Å². The molecule has 2 rings (SSSR count). The third kappa shape index (κ3) is 2.06. The summed E-state index contributed by atoms with van der Waals surface area (Å²) >= 11 is 0. The van der Waals surface area contributed by atoms with Crippen molar-refractivity contribution < 1.29 is 9.90 Å². The van der Waals surface area contributed by atoms with Gasteiger partial charge in [0.25, 0.3) is 0 Å². The summed E-state index contributed by atoms with van der Waals surface area (Å²) in [5.41, 5.74) is 0.290. The maximum absolute atomic E-state index is 11.4. The molecule has 1 aliphatic heterocycles. The number of anilines is 1. The Hall–Kier alpha value is -1.35. The van der Waals surface area contributed by atoms with E-state index >= 15 is 0 Å². The molecule has 2 atom stereocenters. The van der Waals surface area contributed by atoms with Gasteiger partial charge in [-0.2, -0.15) is 0 Å². The van der Waals surface area contributed by atoms with Crippen LogP contribution in [0.25, 0.3) is 0 Å². The van der Waals surface area contributed by atoms with Crippen molar-refractivity contribution in [3.05, 3.63) is 29.8 Å². The molecule has 0 saturated heterocycles. The maximum Gasteiger partial charge on any atom is 0.142 e. The normalized spacial score (nSPS) is 28.3. The van der Waals surface area contributed by atoms with Gasteiger partial charge < -0.3 is 15.2 Å². The summed E-state index contributed by atoms with van der Waals surface area (Å²) in [6.07, 6.45) is 3.56. The molecule has 1 aromatic rings. The van der Waals surface area contributed by atoms with Gasteiger partial charge in [-0.25, -0.2) is 0 Å². The summed E-state index contributed by atoms with van der Waals surface area (Å²) in [6.45, 7) is 6.04. The van der Waals surface area contributed by atoms with E-state index in [9.17, 15) is 9.90 Å². The van der Waals surface area contributed by atoms with Gasteiger partial charge in [0.2, 0.25) is 0 Å². The van der Waals surface area contributed by atoms with E-state index < -0.39 is 11.0 Å². The van der Waals surface area contributed by atoms with Crippen LogP contribution < -0.4 is 5.32 Å². The first-order valence-corrected chi connectivity index (χ1v) is 7.01. The Morgan fingerprint density at radius 2 is 2.05 bits per heavy atom. The monoisotopic (exact) mass is 261 g/mol. The molecule has 0 aliphatic carbocycles. The van der Waals surface area contributed by atoms with E-state index in [1.54, 1.807) is 0 Å². The Labute approximate surface area is 115 Å². The van der Waals surface area contributed by atoms with Gasteiger partial charge in [0, 0.05) is 16.7 Å². The number of rotatable bonds is 4. The highest BCUT2D eigenvalue weighted by molar-refractivity contribution is 5.71. The van der Waals surface area contributed by atoms with Crippen LogP contribution in [0.3, 0.4) is 0 Å². The van der Waals surface area contributed by atoms with Crippen molar-refractivity contribution in [3.8, 4) is 0 Å². The van der Waals surface area contributed by atoms with Crippen LogP contribution >= 0.6 is 0 Å². The molecule has 1 aromatic carbocycles. The summed E-state index contributed by atoms with van der Waals surface area (Å²) < 4.78 is 0. The van der Waals surface area contributed by atoms with Gasteiger partial charge in [-0.1, -0.05) is 51.8 Å². The van der Waals surface area contributed by atoms with Crippen molar-refractivity contribution in [1.29, 1.82) is 0 Å². The topological polar surface area (TPSA) is 49.3 Å². The summed E-state index contributed by atoms with van der Waals surface area (Å²) in [7, 11) is 0. The number of carbonyl (C=O) groups is 1. The molecule has 1 heterocycles. The predicted octanol–water partition coefficient (Wildman–Crippen LogP) is 3.08. The molecule has 104 valence electrons. The highest BCUT2D eigenvalue weighted by Crippen LogP contribution is 2.51. The van der Waals surface area contributed by atoms with Crippen LogP contribution in [-0.2, 0) is 10.4 Å². The zero-order valence-corrected chi connectivity index (χ0v) is 11.9. The predicted molar refractivity (Wildman–Crippen MR) is 77.1 cm³/mol. The number of nitrogens with one attached hydrogen (secondary N) is 1. The molecular weight excluding hydrogens is 238 g/mol. The number of hydrogen-bond donors (Lipinski definition) is 2. The molecule has 3 heteroatoms. The van der Waals surface area contributed by atoms with E-state index in [0.29, 0.717) is 6.42 Å². The van der Waals surface area contributed by atoms with Gasteiger partial charge in [0.1, 0.15) is 6.29 Å². The second-order valence-corrected chi connectivity index (χ2v) is 5.99. The summed E-state index contributed by atoms with van der Waals surface area (Å²) in [6, 6.07) is 7.38. The lowest BCUT2D eigenvalue weighted by Gasteiger charge is -2.51. The molecule has 19 heavy (non-hydrogen) atoms. The Morgan fingerprint density at radius 3 is 2.68 bits per heavy atom. The number of hydrogen-bond acceptors (Lipinski definition) is 3. The fourth-order valence-electron chi connectivity index (χ4n) is 3.02. The lowest BCUT2D eigenvalue weighted by atomic mass is 9.62. The molecule has 2 N–H and O–H groups in total. The van der Waals surface area contributed by atoms with Gasteiger partial charge in [-0.05, 0) is 12.5 Å². The number of aliphatic hydroxyl groups is 1. The van der Waals surface area contributed by atoms with Crippen LogP contribution in [0.15, 0.2) is 24.3 Å². The minimum absolute atomic E-state index is 0.371. The van der Waals surface area contributed by atoms with Gasteiger partial charge in [0.15, 0.2) is 0 Å². The molecule has 0 radical (unpaired) electrons. The molecule has 0 saturated carbocycles. The van der Waals surface area contributed by atoms with Gasteiger partial charge >= 0.3 is 0 Å². The first-order chi connectivity index (χ1) is 8.97. The fraction of sp³-hybridized carbons (Fsp3) is 0.562. The van der Waals surface area contributed by atoms with Gasteiger partial charge in [-0.3, -0.25) is 0 Å². The largest absolute Gasteiger partial charge is 0.384 e. The number of aldehydes is 1. The smallest absolute Gasteiger partial charge is 0.142 e. The number of para-hydroxylation sites is 1. The molecule has 0 spiro atoms. The zero-order valence-electron chi connectivity index (χ0n) is 11.9. The van der Waals surface area contributed by atoms with Crippen molar-refractivity contribution in [3.63, 3.8) is 0 Å². The van der Waals surface area contributed by atoms with Gasteiger partial charge in [0.05, 0.1) is 11.6 Å². The first-order valence-electron chi connectivity index (χ1n) is 7.01. The number of carbonyl (C=O) groups excluding carboxylic acids is 1. The minimum atomic E-state index is -0.962. The van der Waals surface area contributed by atoms with Crippen LogP contribution in [0.1, 0.15) is 45.6 Å². The van der Waals surface area contributed by atoms with Crippen LogP contribution in [-0.4, -0.2) is 17.4 Å². The lowest BCUT2D eigenvalue weighted by Crippen LogP contribution is -2.56. The van der Waals surface area contributed by atoms with Crippen molar-refractivity contribution in [2.75, 3.05) is 5.32 Å². The van der Waals surface area contributed by atoms with Crippen molar-refractivity contribution in [2.45, 2.75) is 51.7 Å². The number of benzene rings is 1. The fourth-order valence-corrected chi connectivity index (χ4v) is 3.02. The Kier molecular flexibility index (Phi) is 3.68. The van der Waals surface area contributed by atoms with Crippen molar-refractivity contribution in [2.24, 2.45) is 5.41 Å². The lowest BCUT2D eigenvalue weighted by molar-refractivity contribution is -0.124. The Balaban J connectivity index is 2.54. The Bertz CT molecular complexity index is 470. The molecule has 2 unspecified atom stereocenters. The molecule has 0 amide bonds. The Morgan fingerprint density at radius 1 is 1.37 bits per heavy atom. The van der Waals surface area contributed by atoms with E-state index in [0.717, 1.165) is 30.4 Å². The van der Waals surface area contributed by atoms with Crippen LogP contribution in [0.4, 0.5) is 5.69 Å². The van der Waals surface area contributed by atoms with Gasteiger partial charge in [-0.15, -0.1) is 0 Å². The quantitative estimate of drug-likeness (QED) is 0.819. The highest BCUT2D eigenvalue weighted by Gasteiger charge is 2.53. The number of unbranched alkanes of at least 4 members (excludes halogenated alkanes) is 1. The average Bonchev–Trinajstić information content (AvgIpc) is 2.41. The SMILES string of the molecule is CCCCC1(O)c2ccccc2NC(C=O)C1(C)C. The third-order valence-corrected chi connectivity index (χ3v) is 4.56.